The SMILES string of the molecule is CNC(C)c1ccc(OCCC(=O)NC(C)C)c(F)c1. The van der Waals surface area contributed by atoms with Gasteiger partial charge >= 0.3 is 0 Å². The fraction of sp³-hybridized carbons (Fsp3) is 0.533. The molecule has 0 bridgehead atoms. The second-order valence-electron chi connectivity index (χ2n) is 5.02. The lowest BCUT2D eigenvalue weighted by atomic mass is 10.1. The standard InChI is InChI=1S/C15H23FN2O2/c1-10(2)18-15(19)7-8-20-14-6-5-12(9-13(14)16)11(3)17-4/h5-6,9-11,17H,7-8H2,1-4H3,(H,18,19). The number of carbonyl (C=O) groups is 1. The molecule has 1 rings (SSSR count). The fourth-order valence-electron chi connectivity index (χ4n) is 1.72. The van der Waals surface area contributed by atoms with Gasteiger partial charge in [0.15, 0.2) is 11.6 Å². The lowest BCUT2D eigenvalue weighted by Crippen LogP contribution is -2.31. The van der Waals surface area contributed by atoms with E-state index in [0.29, 0.717) is 0 Å². The molecule has 0 aliphatic heterocycles. The van der Waals surface area contributed by atoms with Crippen molar-refractivity contribution in [1.82, 2.24) is 10.6 Å². The Morgan fingerprint density at radius 1 is 1.35 bits per heavy atom. The van der Waals surface area contributed by atoms with Gasteiger partial charge in [-0.3, -0.25) is 4.79 Å². The maximum atomic E-state index is 13.8. The highest BCUT2D eigenvalue weighted by Gasteiger charge is 2.09. The summed E-state index contributed by atoms with van der Waals surface area (Å²) in [6, 6.07) is 5.04. The van der Waals surface area contributed by atoms with Crippen molar-refractivity contribution in [2.45, 2.75) is 39.3 Å². The van der Waals surface area contributed by atoms with Crippen LogP contribution in [0.4, 0.5) is 4.39 Å². The Balaban J connectivity index is 2.51. The van der Waals surface area contributed by atoms with Crippen LogP contribution in [-0.2, 0) is 4.79 Å². The largest absolute Gasteiger partial charge is 0.490 e. The number of carbonyl (C=O) groups excluding carboxylic acids is 1. The predicted molar refractivity (Wildman–Crippen MR) is 77.3 cm³/mol. The third kappa shape index (κ3) is 5.17. The van der Waals surface area contributed by atoms with Gasteiger partial charge in [-0.05, 0) is 45.5 Å². The number of amides is 1. The maximum Gasteiger partial charge on any atom is 0.223 e. The Morgan fingerprint density at radius 2 is 2.05 bits per heavy atom. The van der Waals surface area contributed by atoms with Gasteiger partial charge in [0.1, 0.15) is 0 Å². The number of benzene rings is 1. The fourth-order valence-corrected chi connectivity index (χ4v) is 1.72. The Morgan fingerprint density at radius 3 is 2.60 bits per heavy atom. The van der Waals surface area contributed by atoms with Gasteiger partial charge in [-0.25, -0.2) is 4.39 Å². The second-order valence-corrected chi connectivity index (χ2v) is 5.02. The van der Waals surface area contributed by atoms with E-state index >= 15 is 0 Å². The van der Waals surface area contributed by atoms with Crippen molar-refractivity contribution < 1.29 is 13.9 Å². The monoisotopic (exact) mass is 282 g/mol. The van der Waals surface area contributed by atoms with Gasteiger partial charge in [0.2, 0.25) is 5.91 Å². The molecule has 0 aliphatic carbocycles. The molecule has 0 radical (unpaired) electrons. The molecule has 1 aromatic rings. The minimum absolute atomic E-state index is 0.0790. The predicted octanol–water partition coefficient (Wildman–Crippen LogP) is 2.40. The average Bonchev–Trinajstić information content (AvgIpc) is 2.38. The van der Waals surface area contributed by atoms with Crippen LogP contribution in [0.25, 0.3) is 0 Å². The molecule has 0 aromatic heterocycles. The van der Waals surface area contributed by atoms with Crippen molar-refractivity contribution in [3.63, 3.8) is 0 Å². The number of hydrogen-bond donors (Lipinski definition) is 2. The first-order chi connectivity index (χ1) is 9.43. The highest BCUT2D eigenvalue weighted by Crippen LogP contribution is 2.22. The molecule has 1 amide bonds. The van der Waals surface area contributed by atoms with E-state index in [2.05, 4.69) is 10.6 Å². The van der Waals surface area contributed by atoms with Crippen LogP contribution in [0.5, 0.6) is 5.75 Å². The lowest BCUT2D eigenvalue weighted by Gasteiger charge is -2.13. The quantitative estimate of drug-likeness (QED) is 0.807. The van der Waals surface area contributed by atoms with Crippen LogP contribution in [0.1, 0.15) is 38.8 Å². The van der Waals surface area contributed by atoms with Gasteiger partial charge in [0, 0.05) is 12.1 Å². The highest BCUT2D eigenvalue weighted by atomic mass is 19.1. The van der Waals surface area contributed by atoms with Gasteiger partial charge in [0.05, 0.1) is 13.0 Å². The number of rotatable bonds is 7. The third-order valence-corrected chi connectivity index (χ3v) is 2.93. The van der Waals surface area contributed by atoms with Crippen LogP contribution in [-0.4, -0.2) is 25.6 Å². The Bertz CT molecular complexity index is 449. The van der Waals surface area contributed by atoms with Gasteiger partial charge in [-0.2, -0.15) is 0 Å². The topological polar surface area (TPSA) is 50.4 Å². The van der Waals surface area contributed by atoms with E-state index < -0.39 is 5.82 Å². The third-order valence-electron chi connectivity index (χ3n) is 2.93. The molecular weight excluding hydrogens is 259 g/mol. The molecule has 0 heterocycles. The molecule has 1 unspecified atom stereocenters. The van der Waals surface area contributed by atoms with E-state index in [0.717, 1.165) is 5.56 Å². The Labute approximate surface area is 119 Å². The summed E-state index contributed by atoms with van der Waals surface area (Å²) in [6.45, 7) is 5.89. The van der Waals surface area contributed by atoms with E-state index in [-0.39, 0.29) is 36.8 Å². The van der Waals surface area contributed by atoms with Gasteiger partial charge < -0.3 is 15.4 Å². The first kappa shape index (κ1) is 16.4. The summed E-state index contributed by atoms with van der Waals surface area (Å²) in [4.78, 5) is 11.4. The smallest absolute Gasteiger partial charge is 0.223 e. The van der Waals surface area contributed by atoms with Crippen LogP contribution in [0.15, 0.2) is 18.2 Å². The van der Waals surface area contributed by atoms with Crippen molar-refractivity contribution >= 4 is 5.91 Å². The molecule has 0 aliphatic rings. The van der Waals surface area contributed by atoms with Crippen LogP contribution in [0.3, 0.4) is 0 Å². The summed E-state index contributed by atoms with van der Waals surface area (Å²) in [5.41, 5.74) is 0.856. The summed E-state index contributed by atoms with van der Waals surface area (Å²) in [5, 5.41) is 5.80. The van der Waals surface area contributed by atoms with Crippen molar-refractivity contribution in [2.24, 2.45) is 0 Å². The van der Waals surface area contributed by atoms with Crippen molar-refractivity contribution in [1.29, 1.82) is 0 Å². The van der Waals surface area contributed by atoms with Crippen LogP contribution < -0.4 is 15.4 Å². The first-order valence-corrected chi connectivity index (χ1v) is 6.83. The van der Waals surface area contributed by atoms with Crippen LogP contribution in [0, 0.1) is 5.82 Å². The van der Waals surface area contributed by atoms with E-state index in [1.54, 1.807) is 6.07 Å². The molecule has 0 saturated heterocycles. The maximum absolute atomic E-state index is 13.8. The van der Waals surface area contributed by atoms with E-state index in [1.165, 1.54) is 6.07 Å². The number of hydrogen-bond acceptors (Lipinski definition) is 3. The van der Waals surface area contributed by atoms with Gasteiger partial charge in [-0.15, -0.1) is 0 Å². The van der Waals surface area contributed by atoms with Crippen LogP contribution >= 0.6 is 0 Å². The van der Waals surface area contributed by atoms with Crippen LogP contribution in [0.2, 0.25) is 0 Å². The molecule has 0 fully saturated rings. The van der Waals surface area contributed by atoms with E-state index in [4.69, 9.17) is 4.74 Å². The first-order valence-electron chi connectivity index (χ1n) is 6.83. The normalized spacial score (nSPS) is 12.3. The molecule has 0 saturated carbocycles. The zero-order valence-corrected chi connectivity index (χ0v) is 12.5. The molecule has 4 nitrogen and oxygen atoms in total. The molecule has 1 atom stereocenters. The molecular formula is C15H23FN2O2. The summed E-state index contributed by atoms with van der Waals surface area (Å²) in [7, 11) is 1.82. The lowest BCUT2D eigenvalue weighted by molar-refractivity contribution is -0.122. The van der Waals surface area contributed by atoms with Gasteiger partial charge in [-0.1, -0.05) is 6.07 Å². The van der Waals surface area contributed by atoms with Crippen molar-refractivity contribution in [2.75, 3.05) is 13.7 Å². The number of halogens is 1. The number of nitrogens with one attached hydrogen (secondary N) is 2. The minimum Gasteiger partial charge on any atom is -0.490 e. The molecule has 5 heteroatoms. The summed E-state index contributed by atoms with van der Waals surface area (Å²) >= 11 is 0. The second kappa shape index (κ2) is 7.85. The summed E-state index contributed by atoms with van der Waals surface area (Å²) < 4.78 is 19.1. The van der Waals surface area contributed by atoms with Crippen molar-refractivity contribution in [3.05, 3.63) is 29.6 Å². The summed E-state index contributed by atoms with van der Waals surface area (Å²) in [5.74, 6) is -0.330. The molecule has 1 aromatic carbocycles. The zero-order valence-electron chi connectivity index (χ0n) is 12.5. The van der Waals surface area contributed by atoms with Gasteiger partial charge in [0.25, 0.3) is 0 Å². The minimum atomic E-state index is -0.408. The van der Waals surface area contributed by atoms with Crippen molar-refractivity contribution in [3.8, 4) is 5.75 Å². The van der Waals surface area contributed by atoms with E-state index in [9.17, 15) is 9.18 Å². The molecule has 112 valence electrons. The Hall–Kier alpha value is -1.62. The molecule has 2 N–H and O–H groups in total. The highest BCUT2D eigenvalue weighted by molar-refractivity contribution is 5.76. The summed E-state index contributed by atoms with van der Waals surface area (Å²) in [6.07, 6.45) is 0.215. The zero-order chi connectivity index (χ0) is 15.1. The Kier molecular flexibility index (Phi) is 6.45. The van der Waals surface area contributed by atoms with E-state index in [1.807, 2.05) is 33.9 Å². The molecule has 0 spiro atoms. The number of ether oxygens (including phenoxy) is 1. The average molecular weight is 282 g/mol. The molecule has 20 heavy (non-hydrogen) atoms.